The van der Waals surface area contributed by atoms with E-state index in [0.717, 1.165) is 5.56 Å². The van der Waals surface area contributed by atoms with Gasteiger partial charge in [-0.15, -0.1) is 0 Å². The predicted molar refractivity (Wildman–Crippen MR) is 72.4 cm³/mol. The maximum Gasteiger partial charge on any atom is 0.331 e. The van der Waals surface area contributed by atoms with Crippen LogP contribution in [0.15, 0.2) is 18.2 Å². The van der Waals surface area contributed by atoms with Gasteiger partial charge in [-0.2, -0.15) is 4.89 Å². The minimum absolute atomic E-state index is 0.0394. The first-order chi connectivity index (χ1) is 9.46. The quantitative estimate of drug-likeness (QED) is 0.469. The number of aliphatic carboxylic acids is 1. The average molecular weight is 282 g/mol. The molecule has 0 bridgehead atoms. The van der Waals surface area contributed by atoms with Crippen LogP contribution in [0.2, 0.25) is 0 Å². The Morgan fingerprint density at radius 2 is 1.80 bits per heavy atom. The Bertz CT molecular complexity index is 521. The summed E-state index contributed by atoms with van der Waals surface area (Å²) in [6.07, 6.45) is 0.106. The lowest BCUT2D eigenvalue weighted by atomic mass is 10.0. The average Bonchev–Trinajstić information content (AvgIpc) is 2.40. The molecule has 0 aromatic heterocycles. The van der Waals surface area contributed by atoms with Crippen molar-refractivity contribution in [2.24, 2.45) is 0 Å². The Labute approximate surface area is 117 Å². The molecule has 0 amide bonds. The largest absolute Gasteiger partial charge is 0.492 e. The van der Waals surface area contributed by atoms with Crippen molar-refractivity contribution in [2.45, 2.75) is 13.3 Å². The van der Waals surface area contributed by atoms with E-state index in [4.69, 9.17) is 19.5 Å². The van der Waals surface area contributed by atoms with E-state index in [1.807, 2.05) is 6.92 Å². The molecule has 0 aliphatic carbocycles. The maximum atomic E-state index is 10.9. The topological polar surface area (TPSA) is 74.2 Å². The maximum absolute atomic E-state index is 10.9. The molecule has 0 atom stereocenters. The molecule has 1 rings (SSSR count). The first-order valence-corrected chi connectivity index (χ1v) is 5.82. The van der Waals surface area contributed by atoms with E-state index in [2.05, 4.69) is 11.5 Å². The number of aryl methyl sites for hydroxylation is 1. The lowest BCUT2D eigenvalue weighted by Crippen LogP contribution is -2.07. The molecular weight excluding hydrogens is 264 g/mol. The Balaban J connectivity index is 3.38. The van der Waals surface area contributed by atoms with Gasteiger partial charge in [0.1, 0.15) is 0 Å². The van der Waals surface area contributed by atoms with Crippen molar-refractivity contribution in [3.63, 3.8) is 0 Å². The highest BCUT2D eigenvalue weighted by atomic mass is 17.2. The molecule has 0 aliphatic rings. The van der Waals surface area contributed by atoms with Gasteiger partial charge in [-0.1, -0.05) is 6.58 Å². The smallest absolute Gasteiger partial charge is 0.331 e. The molecule has 0 fully saturated rings. The highest BCUT2D eigenvalue weighted by molar-refractivity contribution is 5.86. The number of carbonyl (C=O) groups is 1. The van der Waals surface area contributed by atoms with Crippen LogP contribution in [0.5, 0.6) is 17.2 Å². The summed E-state index contributed by atoms with van der Waals surface area (Å²) in [5.74, 6) is 0.0624. The van der Waals surface area contributed by atoms with Crippen molar-refractivity contribution in [1.29, 1.82) is 0 Å². The van der Waals surface area contributed by atoms with Gasteiger partial charge in [0.05, 0.1) is 21.3 Å². The fourth-order valence-electron chi connectivity index (χ4n) is 1.87. The van der Waals surface area contributed by atoms with Crippen molar-refractivity contribution < 1.29 is 29.1 Å². The summed E-state index contributed by atoms with van der Waals surface area (Å²) in [6.45, 7) is 5.33. The van der Waals surface area contributed by atoms with Crippen LogP contribution in [-0.4, -0.2) is 32.4 Å². The molecule has 0 unspecified atom stereocenters. The first-order valence-electron chi connectivity index (χ1n) is 5.82. The molecule has 1 aromatic carbocycles. The molecule has 0 saturated carbocycles. The lowest BCUT2D eigenvalue weighted by molar-refractivity contribution is -0.179. The van der Waals surface area contributed by atoms with Gasteiger partial charge < -0.3 is 19.5 Å². The summed E-state index contributed by atoms with van der Waals surface area (Å²) in [5, 5.41) is 8.93. The summed E-state index contributed by atoms with van der Waals surface area (Å²) in [5.41, 5.74) is 1.42. The lowest BCUT2D eigenvalue weighted by Gasteiger charge is -2.17. The summed E-state index contributed by atoms with van der Waals surface area (Å²) >= 11 is 0. The van der Waals surface area contributed by atoms with E-state index < -0.39 is 5.97 Å². The molecule has 6 heteroatoms. The third-order valence-corrected chi connectivity index (χ3v) is 2.73. The molecule has 0 spiro atoms. The molecule has 0 heterocycles. The fourth-order valence-corrected chi connectivity index (χ4v) is 1.87. The molecule has 6 nitrogen and oxygen atoms in total. The predicted octanol–water partition coefficient (Wildman–Crippen LogP) is 2.14. The normalized spacial score (nSPS) is 10.0. The van der Waals surface area contributed by atoms with Crippen LogP contribution in [0.1, 0.15) is 11.1 Å². The number of ether oxygens (including phenoxy) is 2. The van der Waals surface area contributed by atoms with Gasteiger partial charge in [0.2, 0.25) is 11.5 Å². The second-order valence-corrected chi connectivity index (χ2v) is 4.08. The third-order valence-electron chi connectivity index (χ3n) is 2.73. The van der Waals surface area contributed by atoms with Gasteiger partial charge in [0.15, 0.2) is 5.75 Å². The van der Waals surface area contributed by atoms with Gasteiger partial charge >= 0.3 is 5.97 Å². The van der Waals surface area contributed by atoms with E-state index in [0.29, 0.717) is 17.1 Å². The Kier molecular flexibility index (Phi) is 5.40. The van der Waals surface area contributed by atoms with Crippen molar-refractivity contribution in [3.8, 4) is 17.2 Å². The Morgan fingerprint density at radius 3 is 2.25 bits per heavy atom. The van der Waals surface area contributed by atoms with Crippen LogP contribution in [-0.2, 0) is 16.1 Å². The van der Waals surface area contributed by atoms with Gasteiger partial charge in [0, 0.05) is 17.6 Å². The monoisotopic (exact) mass is 282 g/mol. The molecule has 1 N–H and O–H groups in total. The number of carboxylic acid groups (broad SMARTS) is 1. The molecule has 0 saturated heterocycles. The van der Waals surface area contributed by atoms with E-state index in [1.165, 1.54) is 21.3 Å². The second-order valence-electron chi connectivity index (χ2n) is 4.08. The number of hydrogen-bond donors (Lipinski definition) is 1. The third kappa shape index (κ3) is 3.21. The zero-order valence-electron chi connectivity index (χ0n) is 12.0. The highest BCUT2D eigenvalue weighted by Crippen LogP contribution is 2.43. The van der Waals surface area contributed by atoms with Gasteiger partial charge in [0.25, 0.3) is 0 Å². The molecule has 20 heavy (non-hydrogen) atoms. The summed E-state index contributed by atoms with van der Waals surface area (Å²) in [6, 6.07) is 1.75. The molecule has 0 radical (unpaired) electrons. The number of hydrogen-bond acceptors (Lipinski definition) is 5. The minimum atomic E-state index is -1.07. The zero-order chi connectivity index (χ0) is 15.3. The van der Waals surface area contributed by atoms with Gasteiger partial charge in [-0.05, 0) is 18.6 Å². The van der Waals surface area contributed by atoms with Gasteiger partial charge in [-0.3, -0.25) is 0 Å². The number of rotatable bonds is 7. The van der Waals surface area contributed by atoms with Crippen LogP contribution in [0.3, 0.4) is 0 Å². The number of carboxylic acids is 1. The molecule has 1 aromatic rings. The standard InChI is InChI=1S/C14H18O6/c1-8-6-10(7-9(2)14(15)16)12(20-19-5)13(18-4)11(8)17-3/h6H,2,7H2,1,3-5H3,(H,15,16). The van der Waals surface area contributed by atoms with Gasteiger partial charge in [-0.25, -0.2) is 4.79 Å². The molecule has 0 aliphatic heterocycles. The van der Waals surface area contributed by atoms with E-state index >= 15 is 0 Å². The highest BCUT2D eigenvalue weighted by Gasteiger charge is 2.21. The van der Waals surface area contributed by atoms with Crippen molar-refractivity contribution in [1.82, 2.24) is 0 Å². The first kappa shape index (κ1) is 15.8. The van der Waals surface area contributed by atoms with Crippen LogP contribution in [0.4, 0.5) is 0 Å². The molecule has 110 valence electrons. The number of methoxy groups -OCH3 is 2. The van der Waals surface area contributed by atoms with Crippen LogP contribution in [0.25, 0.3) is 0 Å². The zero-order valence-corrected chi connectivity index (χ0v) is 12.0. The van der Waals surface area contributed by atoms with Crippen molar-refractivity contribution in [2.75, 3.05) is 21.3 Å². The SMILES string of the molecule is C=C(Cc1cc(C)c(OC)c(OC)c1OOC)C(=O)O. The summed E-state index contributed by atoms with van der Waals surface area (Å²) in [7, 11) is 4.33. The van der Waals surface area contributed by atoms with Crippen molar-refractivity contribution >= 4 is 5.97 Å². The van der Waals surface area contributed by atoms with E-state index in [1.54, 1.807) is 6.07 Å². The fraction of sp³-hybridized carbons (Fsp3) is 0.357. The summed E-state index contributed by atoms with van der Waals surface area (Å²) < 4.78 is 10.5. The van der Waals surface area contributed by atoms with E-state index in [-0.39, 0.29) is 17.7 Å². The second kappa shape index (κ2) is 6.81. The van der Waals surface area contributed by atoms with Crippen LogP contribution >= 0.6 is 0 Å². The molecular formula is C14H18O6. The van der Waals surface area contributed by atoms with Crippen LogP contribution < -0.4 is 14.4 Å². The minimum Gasteiger partial charge on any atom is -0.492 e. The number of benzene rings is 1. The van der Waals surface area contributed by atoms with Crippen molar-refractivity contribution in [3.05, 3.63) is 29.3 Å². The Hall–Kier alpha value is -2.21. The summed E-state index contributed by atoms with van der Waals surface area (Å²) in [4.78, 5) is 20.7. The Morgan fingerprint density at radius 1 is 1.20 bits per heavy atom. The van der Waals surface area contributed by atoms with E-state index in [9.17, 15) is 4.79 Å². The van der Waals surface area contributed by atoms with Crippen LogP contribution in [0, 0.1) is 6.92 Å².